The molecule has 5 heteroatoms. The van der Waals surface area contributed by atoms with Crippen molar-refractivity contribution in [2.75, 3.05) is 6.26 Å². The Kier molecular flexibility index (Phi) is 3.90. The first kappa shape index (κ1) is 10.7. The van der Waals surface area contributed by atoms with E-state index < -0.39 is 0 Å². The molecule has 0 fully saturated rings. The molecule has 2 nitrogen and oxygen atoms in total. The summed E-state index contributed by atoms with van der Waals surface area (Å²) in [7, 11) is 0. The van der Waals surface area contributed by atoms with Gasteiger partial charge in [0.15, 0.2) is 0 Å². The van der Waals surface area contributed by atoms with Crippen molar-refractivity contribution in [1.82, 2.24) is 4.72 Å². The Morgan fingerprint density at radius 1 is 1.38 bits per heavy atom. The van der Waals surface area contributed by atoms with Crippen LogP contribution in [0.15, 0.2) is 18.2 Å². The second-order valence-corrected chi connectivity index (χ2v) is 3.66. The number of hydrogen-bond acceptors (Lipinski definition) is 2. The first-order valence-electron chi connectivity index (χ1n) is 3.44. The molecule has 0 aliphatic heterocycles. The average molecular weight is 236 g/mol. The lowest BCUT2D eigenvalue weighted by Gasteiger charge is -2.05. The Hall–Kier alpha value is -0.380. The highest BCUT2D eigenvalue weighted by Gasteiger charge is 2.13. The highest BCUT2D eigenvalue weighted by atomic mass is 35.5. The second-order valence-electron chi connectivity index (χ2n) is 2.23. The molecular weight excluding hydrogens is 229 g/mol. The average Bonchev–Trinajstić information content (AvgIpc) is 2.04. The van der Waals surface area contributed by atoms with Crippen LogP contribution in [0.5, 0.6) is 0 Å². The number of rotatable bonds is 2. The third kappa shape index (κ3) is 2.53. The van der Waals surface area contributed by atoms with Gasteiger partial charge in [0.1, 0.15) is 0 Å². The molecule has 0 unspecified atom stereocenters. The number of nitrogens with one attached hydrogen (secondary N) is 1. The maximum absolute atomic E-state index is 11.4. The van der Waals surface area contributed by atoms with Crippen molar-refractivity contribution in [2.45, 2.75) is 0 Å². The molecule has 0 bridgehead atoms. The van der Waals surface area contributed by atoms with Gasteiger partial charge in [0.05, 0.1) is 15.6 Å². The van der Waals surface area contributed by atoms with E-state index in [1.54, 1.807) is 24.5 Å². The first-order valence-corrected chi connectivity index (χ1v) is 5.42. The fourth-order valence-electron chi connectivity index (χ4n) is 0.858. The van der Waals surface area contributed by atoms with Gasteiger partial charge in [0.2, 0.25) is 0 Å². The Labute approximate surface area is 90.7 Å². The maximum Gasteiger partial charge on any atom is 0.264 e. The number of hydrogen-bond donors (Lipinski definition) is 1. The summed E-state index contributed by atoms with van der Waals surface area (Å²) in [5.41, 5.74) is 0.320. The van der Waals surface area contributed by atoms with Crippen LogP contribution in [0.1, 0.15) is 10.4 Å². The number of carbonyl (C=O) groups excluding carboxylic acids is 1. The first-order chi connectivity index (χ1) is 6.16. The van der Waals surface area contributed by atoms with Crippen LogP contribution in [0.2, 0.25) is 10.0 Å². The molecule has 0 atom stereocenters. The summed E-state index contributed by atoms with van der Waals surface area (Å²) in [5.74, 6) is -0.275. The Bertz CT molecular complexity index is 310. The van der Waals surface area contributed by atoms with Crippen molar-refractivity contribution in [3.63, 3.8) is 0 Å². The van der Waals surface area contributed by atoms with E-state index in [-0.39, 0.29) is 5.91 Å². The Morgan fingerprint density at radius 2 is 1.92 bits per heavy atom. The highest BCUT2D eigenvalue weighted by Crippen LogP contribution is 2.24. The van der Waals surface area contributed by atoms with E-state index in [9.17, 15) is 4.79 Å². The van der Waals surface area contributed by atoms with Crippen LogP contribution >= 0.6 is 35.1 Å². The number of halogens is 2. The highest BCUT2D eigenvalue weighted by molar-refractivity contribution is 7.97. The summed E-state index contributed by atoms with van der Waals surface area (Å²) in [5, 5.41) is 0.720. The zero-order valence-corrected chi connectivity index (χ0v) is 9.13. The maximum atomic E-state index is 11.4. The van der Waals surface area contributed by atoms with Crippen LogP contribution in [0, 0.1) is 0 Å². The van der Waals surface area contributed by atoms with Crippen LogP contribution in [0.3, 0.4) is 0 Å². The molecule has 1 aromatic rings. The summed E-state index contributed by atoms with van der Waals surface area (Å²) in [6.45, 7) is 0. The molecule has 0 saturated heterocycles. The summed E-state index contributed by atoms with van der Waals surface area (Å²) in [6, 6.07) is 4.95. The predicted octanol–water partition coefficient (Wildman–Crippen LogP) is 3.00. The smallest absolute Gasteiger partial charge is 0.264 e. The van der Waals surface area contributed by atoms with E-state index in [2.05, 4.69) is 4.72 Å². The molecule has 1 N–H and O–H groups in total. The van der Waals surface area contributed by atoms with Crippen LogP contribution in [-0.2, 0) is 0 Å². The molecule has 1 amide bonds. The minimum absolute atomic E-state index is 0.275. The van der Waals surface area contributed by atoms with Gasteiger partial charge in [-0.2, -0.15) is 0 Å². The lowest BCUT2D eigenvalue weighted by atomic mass is 10.2. The van der Waals surface area contributed by atoms with Crippen LogP contribution in [0.25, 0.3) is 0 Å². The third-order valence-electron chi connectivity index (χ3n) is 1.38. The van der Waals surface area contributed by atoms with Gasteiger partial charge in [-0.1, -0.05) is 41.2 Å². The number of benzene rings is 1. The largest absolute Gasteiger partial charge is 0.296 e. The monoisotopic (exact) mass is 235 g/mol. The van der Waals surface area contributed by atoms with Crippen molar-refractivity contribution < 1.29 is 4.79 Å². The van der Waals surface area contributed by atoms with Crippen molar-refractivity contribution in [3.05, 3.63) is 33.8 Å². The Balaban J connectivity index is 3.05. The standard InChI is InChI=1S/C8H7Cl2NOS/c1-13-11-8(12)7-5(9)3-2-4-6(7)10/h2-4H,1H3,(H,11,12). The van der Waals surface area contributed by atoms with Gasteiger partial charge in [-0.25, -0.2) is 0 Å². The molecule has 1 aromatic carbocycles. The van der Waals surface area contributed by atoms with Gasteiger partial charge in [-0.3, -0.25) is 9.52 Å². The van der Waals surface area contributed by atoms with E-state index in [0.717, 1.165) is 0 Å². The van der Waals surface area contributed by atoms with E-state index in [1.807, 2.05) is 0 Å². The number of carbonyl (C=O) groups is 1. The summed E-state index contributed by atoms with van der Waals surface area (Å²) >= 11 is 12.8. The van der Waals surface area contributed by atoms with Crippen molar-refractivity contribution in [2.24, 2.45) is 0 Å². The summed E-state index contributed by atoms with van der Waals surface area (Å²) in [6.07, 6.45) is 1.75. The molecule has 70 valence electrons. The van der Waals surface area contributed by atoms with Gasteiger partial charge in [0, 0.05) is 6.26 Å². The zero-order valence-electron chi connectivity index (χ0n) is 6.80. The molecule has 0 spiro atoms. The van der Waals surface area contributed by atoms with E-state index in [1.165, 1.54) is 11.9 Å². The van der Waals surface area contributed by atoms with Gasteiger partial charge < -0.3 is 0 Å². The van der Waals surface area contributed by atoms with Crippen molar-refractivity contribution in [1.29, 1.82) is 0 Å². The molecule has 0 aromatic heterocycles. The van der Waals surface area contributed by atoms with Gasteiger partial charge in [-0.15, -0.1) is 0 Å². The number of amides is 1. The molecule has 0 radical (unpaired) electrons. The van der Waals surface area contributed by atoms with E-state index in [4.69, 9.17) is 23.2 Å². The minimum atomic E-state index is -0.275. The third-order valence-corrected chi connectivity index (χ3v) is 2.40. The normalized spacial score (nSPS) is 9.77. The second kappa shape index (κ2) is 4.74. The molecule has 1 rings (SSSR count). The van der Waals surface area contributed by atoms with E-state index in [0.29, 0.717) is 15.6 Å². The minimum Gasteiger partial charge on any atom is -0.296 e. The molecule has 0 heterocycles. The molecule has 0 saturated carbocycles. The van der Waals surface area contributed by atoms with Gasteiger partial charge >= 0.3 is 0 Å². The molecule has 0 aliphatic rings. The quantitative estimate of drug-likeness (QED) is 0.799. The van der Waals surface area contributed by atoms with Crippen LogP contribution < -0.4 is 4.72 Å². The molecule has 13 heavy (non-hydrogen) atoms. The lowest BCUT2D eigenvalue weighted by molar-refractivity contribution is 0.0985. The zero-order chi connectivity index (χ0) is 9.84. The van der Waals surface area contributed by atoms with Gasteiger partial charge in [0.25, 0.3) is 5.91 Å². The van der Waals surface area contributed by atoms with Crippen molar-refractivity contribution in [3.8, 4) is 0 Å². The van der Waals surface area contributed by atoms with Crippen LogP contribution in [0.4, 0.5) is 0 Å². The fraction of sp³-hybridized carbons (Fsp3) is 0.125. The van der Waals surface area contributed by atoms with Crippen LogP contribution in [-0.4, -0.2) is 12.2 Å². The van der Waals surface area contributed by atoms with Gasteiger partial charge in [-0.05, 0) is 12.1 Å². The summed E-state index contributed by atoms with van der Waals surface area (Å²) < 4.78 is 2.55. The predicted molar refractivity (Wildman–Crippen MR) is 57.4 cm³/mol. The molecule has 0 aliphatic carbocycles. The lowest BCUT2D eigenvalue weighted by Crippen LogP contribution is -2.16. The topological polar surface area (TPSA) is 29.1 Å². The fourth-order valence-corrected chi connectivity index (χ4v) is 1.72. The van der Waals surface area contributed by atoms with E-state index >= 15 is 0 Å². The summed E-state index contributed by atoms with van der Waals surface area (Å²) in [4.78, 5) is 11.4. The molecular formula is C8H7Cl2NOS. The Morgan fingerprint density at radius 3 is 2.38 bits per heavy atom. The van der Waals surface area contributed by atoms with Crippen molar-refractivity contribution >= 4 is 41.1 Å². The SMILES string of the molecule is CSNC(=O)c1c(Cl)cccc1Cl.